The number of halogens is 2. The minimum absolute atomic E-state index is 0.0301. The summed E-state index contributed by atoms with van der Waals surface area (Å²) >= 11 is 1.45. The molecule has 2 rings (SSSR count). The molecule has 2 N–H and O–H groups in total. The molecule has 0 saturated carbocycles. The minimum Gasteiger partial charge on any atom is -0.396 e. The van der Waals surface area contributed by atoms with E-state index in [9.17, 15) is 8.78 Å². The topological polar surface area (TPSA) is 26.0 Å². The Balaban J connectivity index is 2.58. The Morgan fingerprint density at radius 2 is 1.87 bits per heavy atom. The summed E-state index contributed by atoms with van der Waals surface area (Å²) in [4.78, 5) is 1.84. The van der Waals surface area contributed by atoms with Gasteiger partial charge in [0.2, 0.25) is 0 Å². The van der Waals surface area contributed by atoms with Crippen molar-refractivity contribution < 1.29 is 8.78 Å². The van der Waals surface area contributed by atoms with Crippen LogP contribution in [-0.4, -0.2) is 0 Å². The largest absolute Gasteiger partial charge is 0.396 e. The smallest absolute Gasteiger partial charge is 0.149 e. The van der Waals surface area contributed by atoms with Gasteiger partial charge in [-0.15, -0.1) is 11.3 Å². The van der Waals surface area contributed by atoms with Crippen LogP contribution in [0.3, 0.4) is 0 Å². The van der Waals surface area contributed by atoms with Gasteiger partial charge in [0.15, 0.2) is 0 Å². The van der Waals surface area contributed by atoms with Gasteiger partial charge in [0, 0.05) is 21.4 Å². The van der Waals surface area contributed by atoms with Gasteiger partial charge in [-0.1, -0.05) is 0 Å². The zero-order valence-electron chi connectivity index (χ0n) is 8.05. The van der Waals surface area contributed by atoms with E-state index in [0.717, 1.165) is 15.8 Å². The van der Waals surface area contributed by atoms with Crippen molar-refractivity contribution in [2.45, 2.75) is 6.92 Å². The molecule has 0 amide bonds. The van der Waals surface area contributed by atoms with Gasteiger partial charge in [0.25, 0.3) is 0 Å². The molecule has 0 bridgehead atoms. The normalized spacial score (nSPS) is 10.6. The zero-order valence-corrected chi connectivity index (χ0v) is 8.87. The number of nitrogen functional groups attached to an aromatic ring is 1. The summed E-state index contributed by atoms with van der Waals surface area (Å²) in [6, 6.07) is 5.84. The summed E-state index contributed by atoms with van der Waals surface area (Å²) in [7, 11) is 0. The second-order valence-electron chi connectivity index (χ2n) is 3.26. The van der Waals surface area contributed by atoms with Crippen LogP contribution in [0.25, 0.3) is 10.4 Å². The second-order valence-corrected chi connectivity index (χ2v) is 4.55. The first-order valence-electron chi connectivity index (χ1n) is 4.39. The third kappa shape index (κ3) is 1.85. The molecule has 15 heavy (non-hydrogen) atoms. The van der Waals surface area contributed by atoms with Gasteiger partial charge in [-0.05, 0) is 25.1 Å². The SMILES string of the molecule is Cc1ccc(-c2cc(N)c(F)cc2F)s1. The second kappa shape index (κ2) is 3.62. The fourth-order valence-electron chi connectivity index (χ4n) is 1.33. The van der Waals surface area contributed by atoms with E-state index in [1.807, 2.05) is 13.0 Å². The Morgan fingerprint density at radius 1 is 1.13 bits per heavy atom. The lowest BCUT2D eigenvalue weighted by molar-refractivity contribution is 0.589. The van der Waals surface area contributed by atoms with Crippen LogP contribution < -0.4 is 5.73 Å². The van der Waals surface area contributed by atoms with Crippen LogP contribution in [0, 0.1) is 18.6 Å². The summed E-state index contributed by atoms with van der Waals surface area (Å²) in [5.74, 6) is -1.30. The highest BCUT2D eigenvalue weighted by Crippen LogP contribution is 2.31. The van der Waals surface area contributed by atoms with Gasteiger partial charge in [0.05, 0.1) is 5.69 Å². The van der Waals surface area contributed by atoms with Crippen molar-refractivity contribution in [2.24, 2.45) is 0 Å². The van der Waals surface area contributed by atoms with E-state index >= 15 is 0 Å². The summed E-state index contributed by atoms with van der Waals surface area (Å²) in [6.45, 7) is 1.93. The number of thiophene rings is 1. The molecule has 2 aromatic rings. The lowest BCUT2D eigenvalue weighted by Crippen LogP contribution is -1.93. The van der Waals surface area contributed by atoms with Crippen molar-refractivity contribution in [1.29, 1.82) is 0 Å². The maximum Gasteiger partial charge on any atom is 0.149 e. The molecule has 0 unspecified atom stereocenters. The molecule has 1 nitrogen and oxygen atoms in total. The molecule has 0 radical (unpaired) electrons. The first-order chi connectivity index (χ1) is 7.08. The first kappa shape index (κ1) is 10.1. The number of anilines is 1. The summed E-state index contributed by atoms with van der Waals surface area (Å²) in [6.07, 6.45) is 0. The van der Waals surface area contributed by atoms with Gasteiger partial charge in [-0.25, -0.2) is 8.78 Å². The third-order valence-corrected chi connectivity index (χ3v) is 3.13. The predicted octanol–water partition coefficient (Wildman–Crippen LogP) is 3.58. The molecule has 0 aliphatic heterocycles. The fourth-order valence-corrected chi connectivity index (χ4v) is 2.22. The van der Waals surface area contributed by atoms with Crippen molar-refractivity contribution in [3.63, 3.8) is 0 Å². The van der Waals surface area contributed by atoms with Crippen molar-refractivity contribution in [1.82, 2.24) is 0 Å². The molecule has 0 aliphatic carbocycles. The molecule has 0 aliphatic rings. The van der Waals surface area contributed by atoms with Gasteiger partial charge in [-0.2, -0.15) is 0 Å². The lowest BCUT2D eigenvalue weighted by Gasteiger charge is -2.02. The summed E-state index contributed by atoms with van der Waals surface area (Å²) in [5, 5.41) is 0. The molecule has 4 heteroatoms. The van der Waals surface area contributed by atoms with Gasteiger partial charge in [-0.3, -0.25) is 0 Å². The highest BCUT2D eigenvalue weighted by molar-refractivity contribution is 7.15. The van der Waals surface area contributed by atoms with E-state index in [1.54, 1.807) is 6.07 Å². The van der Waals surface area contributed by atoms with Crippen molar-refractivity contribution in [2.75, 3.05) is 5.73 Å². The third-order valence-electron chi connectivity index (χ3n) is 2.09. The Bertz CT molecular complexity index is 505. The first-order valence-corrected chi connectivity index (χ1v) is 5.21. The lowest BCUT2D eigenvalue weighted by atomic mass is 10.1. The van der Waals surface area contributed by atoms with Crippen LogP contribution in [0.4, 0.5) is 14.5 Å². The van der Waals surface area contributed by atoms with Crippen molar-refractivity contribution in [3.8, 4) is 10.4 Å². The van der Waals surface area contributed by atoms with E-state index < -0.39 is 11.6 Å². The highest BCUT2D eigenvalue weighted by Gasteiger charge is 2.10. The summed E-state index contributed by atoms with van der Waals surface area (Å²) in [5.41, 5.74) is 5.72. The van der Waals surface area contributed by atoms with Gasteiger partial charge >= 0.3 is 0 Å². The number of rotatable bonds is 1. The molecule has 0 atom stereocenters. The van der Waals surface area contributed by atoms with E-state index in [4.69, 9.17) is 5.73 Å². The van der Waals surface area contributed by atoms with Crippen LogP contribution in [-0.2, 0) is 0 Å². The maximum absolute atomic E-state index is 13.4. The molecular weight excluding hydrogens is 216 g/mol. The van der Waals surface area contributed by atoms with E-state index in [2.05, 4.69) is 0 Å². The molecule has 0 fully saturated rings. The predicted molar refractivity (Wildman–Crippen MR) is 58.8 cm³/mol. The van der Waals surface area contributed by atoms with Gasteiger partial charge in [0.1, 0.15) is 11.6 Å². The number of hydrogen-bond donors (Lipinski definition) is 1. The van der Waals surface area contributed by atoms with E-state index in [-0.39, 0.29) is 5.69 Å². The molecule has 1 aromatic heterocycles. The average Bonchev–Trinajstić information content (AvgIpc) is 2.58. The number of benzene rings is 1. The quantitative estimate of drug-likeness (QED) is 0.737. The van der Waals surface area contributed by atoms with Gasteiger partial charge < -0.3 is 5.73 Å². The van der Waals surface area contributed by atoms with E-state index in [0.29, 0.717) is 5.56 Å². The van der Waals surface area contributed by atoms with Crippen LogP contribution in [0.5, 0.6) is 0 Å². The zero-order chi connectivity index (χ0) is 11.0. The number of aryl methyl sites for hydroxylation is 1. The minimum atomic E-state index is -0.718. The Labute approximate surface area is 90.2 Å². The van der Waals surface area contributed by atoms with Crippen molar-refractivity contribution >= 4 is 17.0 Å². The molecule has 1 aromatic carbocycles. The Kier molecular flexibility index (Phi) is 2.44. The Morgan fingerprint density at radius 3 is 2.47 bits per heavy atom. The Hall–Kier alpha value is -1.42. The summed E-state index contributed by atoms with van der Waals surface area (Å²) < 4.78 is 26.4. The molecule has 0 spiro atoms. The van der Waals surface area contributed by atoms with Crippen LogP contribution in [0.1, 0.15) is 4.88 Å². The van der Waals surface area contributed by atoms with Crippen LogP contribution in [0.2, 0.25) is 0 Å². The fraction of sp³-hybridized carbons (Fsp3) is 0.0909. The number of nitrogens with two attached hydrogens (primary N) is 1. The number of hydrogen-bond acceptors (Lipinski definition) is 2. The molecule has 78 valence electrons. The van der Waals surface area contributed by atoms with Crippen molar-refractivity contribution in [3.05, 3.63) is 40.8 Å². The molecular formula is C11H9F2NS. The monoisotopic (exact) mass is 225 g/mol. The van der Waals surface area contributed by atoms with Crippen LogP contribution >= 0.6 is 11.3 Å². The van der Waals surface area contributed by atoms with E-state index in [1.165, 1.54) is 17.4 Å². The van der Waals surface area contributed by atoms with Crippen LogP contribution in [0.15, 0.2) is 24.3 Å². The molecule has 0 saturated heterocycles. The average molecular weight is 225 g/mol. The molecule has 1 heterocycles. The maximum atomic E-state index is 13.4. The standard InChI is InChI=1S/C11H9F2NS/c1-6-2-3-11(15-6)7-4-10(14)9(13)5-8(7)12/h2-5H,14H2,1H3. The highest BCUT2D eigenvalue weighted by atomic mass is 32.1.